The summed E-state index contributed by atoms with van der Waals surface area (Å²) in [6.07, 6.45) is 6.18. The first kappa shape index (κ1) is 15.5. The number of ether oxygens (including phenoxy) is 2. The molecule has 0 saturated heterocycles. The average Bonchev–Trinajstić information content (AvgIpc) is 2.27. The number of hydrogen-bond acceptors (Lipinski definition) is 3. The standard InChI is InChI=1S/C14H22O3/c1-11(2)7-6-8-12(3)9-10-17-13(4)14(15)16-5/h7,9H,4,6,8,10H2,1-3,5H3/b12-9+. The summed E-state index contributed by atoms with van der Waals surface area (Å²) in [4.78, 5) is 11.0. The molecule has 0 heterocycles. The van der Waals surface area contributed by atoms with Crippen LogP contribution in [-0.2, 0) is 14.3 Å². The number of hydrogen-bond donors (Lipinski definition) is 0. The lowest BCUT2D eigenvalue weighted by molar-refractivity contribution is -0.139. The molecule has 0 spiro atoms. The Morgan fingerprint density at radius 2 is 1.88 bits per heavy atom. The van der Waals surface area contributed by atoms with Crippen molar-refractivity contribution in [1.29, 1.82) is 0 Å². The maximum Gasteiger partial charge on any atom is 0.372 e. The molecule has 0 bridgehead atoms. The molecule has 0 aliphatic carbocycles. The molecular formula is C14H22O3. The monoisotopic (exact) mass is 238 g/mol. The highest BCUT2D eigenvalue weighted by Crippen LogP contribution is 2.07. The van der Waals surface area contributed by atoms with Gasteiger partial charge in [0, 0.05) is 0 Å². The largest absolute Gasteiger partial charge is 0.483 e. The second kappa shape index (κ2) is 8.62. The van der Waals surface area contributed by atoms with E-state index in [9.17, 15) is 4.79 Å². The van der Waals surface area contributed by atoms with Crippen LogP contribution in [0.3, 0.4) is 0 Å². The fraction of sp³-hybridized carbons (Fsp3) is 0.500. The summed E-state index contributed by atoms with van der Waals surface area (Å²) in [5, 5.41) is 0. The molecule has 0 rings (SSSR count). The Kier molecular flexibility index (Phi) is 7.85. The normalized spacial score (nSPS) is 10.7. The molecule has 0 fully saturated rings. The minimum atomic E-state index is -0.527. The van der Waals surface area contributed by atoms with Gasteiger partial charge in [-0.25, -0.2) is 4.79 Å². The third-order valence-electron chi connectivity index (χ3n) is 2.19. The van der Waals surface area contributed by atoms with E-state index in [1.165, 1.54) is 18.3 Å². The second-order valence-corrected chi connectivity index (χ2v) is 4.10. The van der Waals surface area contributed by atoms with Gasteiger partial charge < -0.3 is 9.47 Å². The number of allylic oxidation sites excluding steroid dienone is 3. The number of esters is 1. The minimum absolute atomic E-state index is 0.0425. The van der Waals surface area contributed by atoms with Crippen LogP contribution in [0.5, 0.6) is 0 Å². The fourth-order valence-electron chi connectivity index (χ4n) is 1.15. The highest BCUT2D eigenvalue weighted by molar-refractivity contribution is 5.85. The van der Waals surface area contributed by atoms with E-state index in [1.54, 1.807) is 0 Å². The van der Waals surface area contributed by atoms with Gasteiger partial charge in [0.1, 0.15) is 6.61 Å². The minimum Gasteiger partial charge on any atom is -0.483 e. The lowest BCUT2D eigenvalue weighted by atomic mass is 10.1. The molecule has 0 saturated carbocycles. The molecule has 0 aliphatic rings. The molecule has 0 aromatic heterocycles. The van der Waals surface area contributed by atoms with Gasteiger partial charge in [-0.1, -0.05) is 17.2 Å². The van der Waals surface area contributed by atoms with Crippen LogP contribution in [-0.4, -0.2) is 19.7 Å². The molecule has 0 N–H and O–H groups in total. The molecule has 0 unspecified atom stereocenters. The van der Waals surface area contributed by atoms with Crippen LogP contribution in [0.25, 0.3) is 0 Å². The topological polar surface area (TPSA) is 35.5 Å². The summed E-state index contributed by atoms with van der Waals surface area (Å²) in [5.41, 5.74) is 2.56. The van der Waals surface area contributed by atoms with Gasteiger partial charge in [-0.3, -0.25) is 0 Å². The summed E-state index contributed by atoms with van der Waals surface area (Å²) < 4.78 is 9.60. The maximum atomic E-state index is 11.0. The number of carbonyl (C=O) groups excluding carboxylic acids is 1. The molecule has 0 atom stereocenters. The Balaban J connectivity index is 3.88. The van der Waals surface area contributed by atoms with E-state index in [0.717, 1.165) is 12.8 Å². The first-order chi connectivity index (χ1) is 7.97. The van der Waals surface area contributed by atoms with Gasteiger partial charge in [0.05, 0.1) is 7.11 Å². The van der Waals surface area contributed by atoms with Gasteiger partial charge in [0.15, 0.2) is 5.76 Å². The van der Waals surface area contributed by atoms with Gasteiger partial charge in [0.25, 0.3) is 0 Å². The lowest BCUT2D eigenvalue weighted by Crippen LogP contribution is -2.07. The van der Waals surface area contributed by atoms with Crippen LogP contribution >= 0.6 is 0 Å². The van der Waals surface area contributed by atoms with Crippen molar-refractivity contribution in [2.45, 2.75) is 33.6 Å². The first-order valence-electron chi connectivity index (χ1n) is 5.66. The quantitative estimate of drug-likeness (QED) is 0.295. The van der Waals surface area contributed by atoms with Crippen molar-refractivity contribution < 1.29 is 14.3 Å². The van der Waals surface area contributed by atoms with Crippen molar-refractivity contribution in [3.63, 3.8) is 0 Å². The van der Waals surface area contributed by atoms with Crippen molar-refractivity contribution >= 4 is 5.97 Å². The van der Waals surface area contributed by atoms with Gasteiger partial charge in [-0.15, -0.1) is 0 Å². The molecule has 96 valence electrons. The first-order valence-corrected chi connectivity index (χ1v) is 5.66. The number of rotatable bonds is 7. The van der Waals surface area contributed by atoms with Crippen LogP contribution in [0.1, 0.15) is 33.6 Å². The van der Waals surface area contributed by atoms with Gasteiger partial charge >= 0.3 is 5.97 Å². The van der Waals surface area contributed by atoms with Crippen LogP contribution in [0.2, 0.25) is 0 Å². The van der Waals surface area contributed by atoms with E-state index in [2.05, 4.69) is 31.2 Å². The summed E-state index contributed by atoms with van der Waals surface area (Å²) in [6.45, 7) is 10.0. The zero-order chi connectivity index (χ0) is 13.3. The second-order valence-electron chi connectivity index (χ2n) is 4.10. The van der Waals surface area contributed by atoms with E-state index >= 15 is 0 Å². The van der Waals surface area contributed by atoms with Crippen LogP contribution < -0.4 is 0 Å². The zero-order valence-corrected chi connectivity index (χ0v) is 11.2. The number of methoxy groups -OCH3 is 1. The van der Waals surface area contributed by atoms with Crippen molar-refractivity contribution in [3.8, 4) is 0 Å². The summed E-state index contributed by atoms with van der Waals surface area (Å²) in [6, 6.07) is 0. The smallest absolute Gasteiger partial charge is 0.372 e. The van der Waals surface area contributed by atoms with Gasteiger partial charge in [-0.2, -0.15) is 0 Å². The zero-order valence-electron chi connectivity index (χ0n) is 11.2. The highest BCUT2D eigenvalue weighted by atomic mass is 16.6. The Bertz CT molecular complexity index is 320. The predicted molar refractivity (Wildman–Crippen MR) is 69.5 cm³/mol. The molecule has 3 nitrogen and oxygen atoms in total. The lowest BCUT2D eigenvalue weighted by Gasteiger charge is -2.05. The molecule has 0 aromatic rings. The van der Waals surface area contributed by atoms with Gasteiger partial charge in [-0.05, 0) is 46.3 Å². The van der Waals surface area contributed by atoms with E-state index in [4.69, 9.17) is 4.74 Å². The summed E-state index contributed by atoms with van der Waals surface area (Å²) in [5.74, 6) is -0.485. The third kappa shape index (κ3) is 8.31. The Morgan fingerprint density at radius 1 is 1.24 bits per heavy atom. The van der Waals surface area contributed by atoms with Crippen LogP contribution in [0, 0.1) is 0 Å². The molecule has 3 heteroatoms. The molecule has 0 amide bonds. The van der Waals surface area contributed by atoms with Crippen molar-refractivity contribution in [2.24, 2.45) is 0 Å². The predicted octanol–water partition coefficient (Wildman–Crippen LogP) is 3.38. The third-order valence-corrected chi connectivity index (χ3v) is 2.19. The van der Waals surface area contributed by atoms with Gasteiger partial charge in [0.2, 0.25) is 0 Å². The molecule has 0 radical (unpaired) electrons. The van der Waals surface area contributed by atoms with Crippen molar-refractivity contribution in [3.05, 3.63) is 35.6 Å². The van der Waals surface area contributed by atoms with E-state index in [0.29, 0.717) is 6.61 Å². The van der Waals surface area contributed by atoms with Crippen molar-refractivity contribution in [2.75, 3.05) is 13.7 Å². The Morgan fingerprint density at radius 3 is 2.41 bits per heavy atom. The highest BCUT2D eigenvalue weighted by Gasteiger charge is 2.05. The van der Waals surface area contributed by atoms with E-state index < -0.39 is 5.97 Å². The van der Waals surface area contributed by atoms with Crippen molar-refractivity contribution in [1.82, 2.24) is 0 Å². The molecule has 0 aromatic carbocycles. The van der Waals surface area contributed by atoms with Crippen LogP contribution in [0.15, 0.2) is 35.6 Å². The molecule has 17 heavy (non-hydrogen) atoms. The van der Waals surface area contributed by atoms with Crippen LogP contribution in [0.4, 0.5) is 0 Å². The van der Waals surface area contributed by atoms with E-state index in [1.807, 2.05) is 13.0 Å². The fourth-order valence-corrected chi connectivity index (χ4v) is 1.15. The maximum absolute atomic E-state index is 11.0. The summed E-state index contributed by atoms with van der Waals surface area (Å²) in [7, 11) is 1.30. The average molecular weight is 238 g/mol. The molecular weight excluding hydrogens is 216 g/mol. The SMILES string of the molecule is C=C(OC/C=C(\C)CCC=C(C)C)C(=O)OC. The Labute approximate surface area is 104 Å². The summed E-state index contributed by atoms with van der Waals surface area (Å²) >= 11 is 0. The Hall–Kier alpha value is -1.51. The number of carbonyl (C=O) groups is 1. The van der Waals surface area contributed by atoms with E-state index in [-0.39, 0.29) is 5.76 Å². The molecule has 0 aliphatic heterocycles.